The van der Waals surface area contributed by atoms with Gasteiger partial charge in [-0.25, -0.2) is 0 Å². The topological polar surface area (TPSA) is 24.5 Å². The summed E-state index contributed by atoms with van der Waals surface area (Å²) >= 11 is 0. The number of hydrogen-bond acceptors (Lipinski definition) is 3. The van der Waals surface area contributed by atoms with E-state index in [1.165, 1.54) is 56.4 Å². The molecule has 3 nitrogen and oxygen atoms in total. The zero-order valence-electron chi connectivity index (χ0n) is 12.7. The van der Waals surface area contributed by atoms with Gasteiger partial charge in [-0.2, -0.15) is 0 Å². The smallest absolute Gasteiger partial charge is 0.0587 e. The van der Waals surface area contributed by atoms with Crippen molar-refractivity contribution in [1.82, 2.24) is 5.32 Å². The number of fused-ring (bicyclic) bond motifs is 1. The minimum absolute atomic E-state index is 0.805. The first-order valence-corrected chi connectivity index (χ1v) is 7.94. The fourth-order valence-corrected chi connectivity index (χ4v) is 2.85. The second-order valence-electron chi connectivity index (χ2n) is 5.52. The molecule has 0 unspecified atom stereocenters. The van der Waals surface area contributed by atoms with E-state index in [9.17, 15) is 0 Å². The van der Waals surface area contributed by atoms with Crippen molar-refractivity contribution in [3.8, 4) is 0 Å². The quantitative estimate of drug-likeness (QED) is 0.739. The summed E-state index contributed by atoms with van der Waals surface area (Å²) in [5, 5.41) is 3.41. The number of methoxy groups -OCH3 is 1. The van der Waals surface area contributed by atoms with Crippen molar-refractivity contribution >= 4 is 5.69 Å². The molecule has 3 heteroatoms. The van der Waals surface area contributed by atoms with E-state index in [-0.39, 0.29) is 0 Å². The predicted octanol–water partition coefficient (Wildman–Crippen LogP) is 2.85. The molecule has 1 aliphatic rings. The number of nitrogens with one attached hydrogen (secondary N) is 1. The van der Waals surface area contributed by atoms with Crippen LogP contribution in [0.25, 0.3) is 0 Å². The van der Waals surface area contributed by atoms with Crippen molar-refractivity contribution in [3.63, 3.8) is 0 Å². The molecular weight excluding hydrogens is 248 g/mol. The van der Waals surface area contributed by atoms with Gasteiger partial charge >= 0.3 is 0 Å². The van der Waals surface area contributed by atoms with Crippen molar-refractivity contribution in [2.75, 3.05) is 44.8 Å². The van der Waals surface area contributed by atoms with Gasteiger partial charge in [0.1, 0.15) is 0 Å². The Balaban J connectivity index is 1.72. The lowest BCUT2D eigenvalue weighted by atomic mass is 10.1. The van der Waals surface area contributed by atoms with Crippen molar-refractivity contribution in [3.05, 3.63) is 29.8 Å². The fourth-order valence-electron chi connectivity index (χ4n) is 2.85. The highest BCUT2D eigenvalue weighted by Gasteiger charge is 2.13. The summed E-state index contributed by atoms with van der Waals surface area (Å²) in [5.41, 5.74) is 3.00. The molecule has 0 atom stereocenters. The molecule has 20 heavy (non-hydrogen) atoms. The van der Waals surface area contributed by atoms with Crippen molar-refractivity contribution in [1.29, 1.82) is 0 Å². The van der Waals surface area contributed by atoms with Gasteiger partial charge < -0.3 is 15.0 Å². The molecule has 1 N–H and O–H groups in total. The minimum Gasteiger partial charge on any atom is -0.383 e. The largest absolute Gasteiger partial charge is 0.383 e. The monoisotopic (exact) mass is 276 g/mol. The van der Waals surface area contributed by atoms with Gasteiger partial charge in [-0.05, 0) is 50.3 Å². The normalized spacial score (nSPS) is 14.9. The van der Waals surface area contributed by atoms with Gasteiger partial charge in [0.2, 0.25) is 0 Å². The summed E-state index contributed by atoms with van der Waals surface area (Å²) in [4.78, 5) is 2.58. The standard InChI is InChI=1S/C17H28N2O/c1-20-15-12-18-11-5-7-14-19-13-6-4-9-16-8-2-3-10-17(16)19/h2-3,8,10,18H,4-7,9,11-15H2,1H3. The second kappa shape index (κ2) is 8.98. The van der Waals surface area contributed by atoms with Gasteiger partial charge in [-0.3, -0.25) is 0 Å². The number of para-hydroxylation sites is 1. The van der Waals surface area contributed by atoms with Gasteiger partial charge in [0, 0.05) is 32.4 Å². The Kier molecular flexibility index (Phi) is 6.89. The van der Waals surface area contributed by atoms with Crippen molar-refractivity contribution in [2.45, 2.75) is 32.1 Å². The van der Waals surface area contributed by atoms with E-state index in [2.05, 4.69) is 34.5 Å². The molecule has 1 heterocycles. The van der Waals surface area contributed by atoms with Crippen LogP contribution in [-0.4, -0.2) is 39.9 Å². The zero-order valence-corrected chi connectivity index (χ0v) is 12.7. The van der Waals surface area contributed by atoms with E-state index in [0.29, 0.717) is 0 Å². The summed E-state index contributed by atoms with van der Waals surface area (Å²) in [6.45, 7) is 5.26. The van der Waals surface area contributed by atoms with E-state index in [1.807, 2.05) is 0 Å². The van der Waals surface area contributed by atoms with Gasteiger partial charge in [0.05, 0.1) is 6.61 Å². The van der Waals surface area contributed by atoms with Crippen LogP contribution in [-0.2, 0) is 11.2 Å². The maximum absolute atomic E-state index is 5.03. The van der Waals surface area contributed by atoms with E-state index in [0.717, 1.165) is 19.7 Å². The number of aryl methyl sites for hydroxylation is 1. The Hall–Kier alpha value is -1.06. The highest BCUT2D eigenvalue weighted by molar-refractivity contribution is 5.54. The SMILES string of the molecule is COCCNCCCCN1CCCCc2ccccc21. The van der Waals surface area contributed by atoms with Crippen LogP contribution in [0.1, 0.15) is 31.2 Å². The molecule has 0 spiro atoms. The lowest BCUT2D eigenvalue weighted by molar-refractivity contribution is 0.199. The number of ether oxygens (including phenoxy) is 1. The summed E-state index contributed by atoms with van der Waals surface area (Å²) in [5.74, 6) is 0. The molecule has 0 amide bonds. The average molecular weight is 276 g/mol. The predicted molar refractivity (Wildman–Crippen MR) is 85.6 cm³/mol. The molecule has 0 saturated heterocycles. The number of rotatable bonds is 8. The lowest BCUT2D eigenvalue weighted by Crippen LogP contribution is -2.26. The second-order valence-corrected chi connectivity index (χ2v) is 5.52. The highest BCUT2D eigenvalue weighted by Crippen LogP contribution is 2.26. The molecule has 0 bridgehead atoms. The van der Waals surface area contributed by atoms with E-state index >= 15 is 0 Å². The Labute approximate surface area is 123 Å². The Bertz CT molecular complexity index is 381. The van der Waals surface area contributed by atoms with Crippen LogP contribution in [0.4, 0.5) is 5.69 Å². The summed E-state index contributed by atoms with van der Waals surface area (Å²) in [6.07, 6.45) is 6.38. The first-order chi connectivity index (χ1) is 9.92. The molecule has 1 aliphatic heterocycles. The van der Waals surface area contributed by atoms with Crippen LogP contribution in [0.15, 0.2) is 24.3 Å². The Morgan fingerprint density at radius 2 is 2.05 bits per heavy atom. The molecule has 0 fully saturated rings. The first kappa shape index (κ1) is 15.3. The molecular formula is C17H28N2O. The maximum Gasteiger partial charge on any atom is 0.0587 e. The molecule has 0 aliphatic carbocycles. The van der Waals surface area contributed by atoms with Crippen LogP contribution in [0.5, 0.6) is 0 Å². The number of hydrogen-bond donors (Lipinski definition) is 1. The van der Waals surface area contributed by atoms with E-state index in [4.69, 9.17) is 4.74 Å². The van der Waals surface area contributed by atoms with Crippen LogP contribution in [0.2, 0.25) is 0 Å². The summed E-state index contributed by atoms with van der Waals surface area (Å²) in [7, 11) is 1.75. The molecule has 0 radical (unpaired) electrons. The Morgan fingerprint density at radius 3 is 2.95 bits per heavy atom. The minimum atomic E-state index is 0.805. The number of nitrogens with zero attached hydrogens (tertiary/aromatic N) is 1. The molecule has 1 aromatic rings. The van der Waals surface area contributed by atoms with Crippen molar-refractivity contribution < 1.29 is 4.74 Å². The molecule has 0 saturated carbocycles. The first-order valence-electron chi connectivity index (χ1n) is 7.94. The summed E-state index contributed by atoms with van der Waals surface area (Å²) in [6, 6.07) is 8.92. The van der Waals surface area contributed by atoms with Gasteiger partial charge in [0.25, 0.3) is 0 Å². The average Bonchev–Trinajstić information content (AvgIpc) is 2.69. The van der Waals surface area contributed by atoms with Crippen LogP contribution in [0, 0.1) is 0 Å². The van der Waals surface area contributed by atoms with Gasteiger partial charge in [0.15, 0.2) is 0 Å². The fraction of sp³-hybridized carbons (Fsp3) is 0.647. The van der Waals surface area contributed by atoms with Crippen LogP contribution in [0.3, 0.4) is 0 Å². The third-order valence-corrected chi connectivity index (χ3v) is 3.97. The molecule has 112 valence electrons. The van der Waals surface area contributed by atoms with Crippen molar-refractivity contribution in [2.24, 2.45) is 0 Å². The van der Waals surface area contributed by atoms with Gasteiger partial charge in [-0.1, -0.05) is 18.2 Å². The van der Waals surface area contributed by atoms with E-state index < -0.39 is 0 Å². The maximum atomic E-state index is 5.03. The van der Waals surface area contributed by atoms with Gasteiger partial charge in [-0.15, -0.1) is 0 Å². The number of benzene rings is 1. The number of anilines is 1. The molecule has 2 rings (SSSR count). The Morgan fingerprint density at radius 1 is 1.15 bits per heavy atom. The number of unbranched alkanes of at least 4 members (excludes halogenated alkanes) is 1. The third-order valence-electron chi connectivity index (χ3n) is 3.97. The lowest BCUT2D eigenvalue weighted by Gasteiger charge is -2.25. The van der Waals surface area contributed by atoms with E-state index in [1.54, 1.807) is 7.11 Å². The molecule has 0 aromatic heterocycles. The summed E-state index contributed by atoms with van der Waals surface area (Å²) < 4.78 is 5.03. The molecule has 1 aromatic carbocycles. The highest BCUT2D eigenvalue weighted by atomic mass is 16.5. The zero-order chi connectivity index (χ0) is 14.0. The van der Waals surface area contributed by atoms with Crippen LogP contribution < -0.4 is 10.2 Å². The third kappa shape index (κ3) is 4.80. The van der Waals surface area contributed by atoms with Crippen LogP contribution >= 0.6 is 0 Å².